The van der Waals surface area contributed by atoms with Gasteiger partial charge in [0, 0.05) is 57.2 Å². The second-order valence-corrected chi connectivity index (χ2v) is 22.4. The number of aromatic nitrogens is 1. The smallest absolute Gasteiger partial charge is 0.312 e. The Hall–Kier alpha value is -8.84. The van der Waals surface area contributed by atoms with E-state index in [1.54, 1.807) is 62.4 Å². The summed E-state index contributed by atoms with van der Waals surface area (Å²) < 4.78 is 0. The molecule has 5 rings (SSSR count). The van der Waals surface area contributed by atoms with Crippen LogP contribution in [0.25, 0.3) is 10.8 Å². The predicted molar refractivity (Wildman–Crippen MR) is 330 cm³/mol. The molecular formula is C63H81ClN12O12. The maximum atomic E-state index is 15.2. The zero-order valence-electron chi connectivity index (χ0n) is 49.9. The number of nitrogens with zero attached hydrogens (tertiary/aromatic N) is 3. The average molecular weight is 1230 g/mol. The second-order valence-electron chi connectivity index (χ2n) is 22.0. The first-order valence-electron chi connectivity index (χ1n) is 29.1. The molecule has 88 heavy (non-hydrogen) atoms. The molecular weight excluding hydrogens is 1150 g/mol. The highest BCUT2D eigenvalue weighted by molar-refractivity contribution is 6.30. The minimum Gasteiger partial charge on any atom is -0.508 e. The third-order valence-electron chi connectivity index (χ3n) is 14.7. The first-order chi connectivity index (χ1) is 42.0. The number of aromatic hydroxyl groups is 1. The predicted octanol–water partition coefficient (Wildman–Crippen LogP) is 2.00. The van der Waals surface area contributed by atoms with Gasteiger partial charge in [0.15, 0.2) is 0 Å². The number of hydrogen-bond donors (Lipinski definition) is 11. The van der Waals surface area contributed by atoms with Gasteiger partial charge >= 0.3 is 6.03 Å². The number of amides is 10. The van der Waals surface area contributed by atoms with E-state index in [-0.39, 0.29) is 82.5 Å². The summed E-state index contributed by atoms with van der Waals surface area (Å²) >= 11 is 6.20. The number of phenols is 1. The summed E-state index contributed by atoms with van der Waals surface area (Å²) in [7, 11) is 1.39. The molecule has 10 amide bonds. The topological polar surface area (TPSA) is 381 Å². The zero-order chi connectivity index (χ0) is 64.5. The molecule has 1 heterocycles. The maximum absolute atomic E-state index is 15.2. The van der Waals surface area contributed by atoms with Gasteiger partial charge in [0.25, 0.3) is 11.8 Å². The number of unbranched alkanes of at least 4 members (excludes halogenated alkanes) is 1. The van der Waals surface area contributed by atoms with Crippen molar-refractivity contribution < 1.29 is 58.2 Å². The van der Waals surface area contributed by atoms with Crippen molar-refractivity contribution in [2.24, 2.45) is 23.1 Å². The van der Waals surface area contributed by atoms with E-state index in [1.807, 2.05) is 42.5 Å². The molecule has 0 aliphatic heterocycles. The van der Waals surface area contributed by atoms with Crippen LogP contribution < -0.4 is 49.1 Å². The number of primary amides is 1. The van der Waals surface area contributed by atoms with Crippen molar-refractivity contribution in [1.82, 2.24) is 46.7 Å². The molecule has 0 radical (unpaired) electrons. The molecule has 472 valence electrons. The number of carbonyl (C=O) groups excluding carboxylic acids is 10. The van der Waals surface area contributed by atoms with Gasteiger partial charge in [-0.05, 0) is 121 Å². The van der Waals surface area contributed by atoms with E-state index in [1.165, 1.54) is 43.4 Å². The fraction of sp³-hybridized carbons (Fsp3) is 0.413. The van der Waals surface area contributed by atoms with Gasteiger partial charge in [0.2, 0.25) is 35.4 Å². The standard InChI is InChI=1S/C63H81ClN12O12/c1-38(2)29-53(73-57(82)50(15-10-28-69-63(67)88)70-60(85)55(75(4)39(3)79)34-41-19-24-48(80)25-20-41)61(86)76(47(36-77)14-7-8-26-65)62(87)54(37-78)74-59(84)52(33-43-11-9-27-68-35-43)72-58(83)51(32-40-17-22-46(64)23-18-40)71-56(81)49(66)31-42-16-21-44-12-5-6-13-45(44)30-42/h5-6,9,11-13,16-25,27,30,35-36,38,47,49-55,78,80H,7-8,10,14-15,26,28-29,31-34,37,65-66H2,1-4H3,(H,70,85)(H,71,81)(H,72,83)(H,73,82)(H,74,84)(H3,67,69,88)/t47-,49-,50+,51-,52-,53-,54-,55-/m0/s1. The van der Waals surface area contributed by atoms with Gasteiger partial charge in [-0.15, -0.1) is 0 Å². The SMILES string of the molecule is CC(=O)N(C)[C@@H](Cc1ccc(O)cc1)C(=O)N[C@H](CCCNC(N)=O)C(=O)N[C@@H](CC(C)C)C(=O)N(C(=O)[C@H](CO)NC(=O)[C@H](Cc1cccnc1)NC(=O)[C@H](Cc1ccc(Cl)cc1)NC(=O)[C@@H](N)Cc1ccc2ccccc2c1)[C@H](C=O)CCCCN. The fourth-order valence-electron chi connectivity index (χ4n) is 9.78. The van der Waals surface area contributed by atoms with Crippen LogP contribution in [-0.4, -0.2) is 160 Å². The summed E-state index contributed by atoms with van der Waals surface area (Å²) in [6.07, 6.45) is 3.20. The number of hydrogen-bond acceptors (Lipinski definition) is 15. The Balaban J connectivity index is 1.46. The number of aliphatic hydroxyl groups excluding tert-OH is 1. The number of carbonyl (C=O) groups is 10. The van der Waals surface area contributed by atoms with Gasteiger partial charge in [0.1, 0.15) is 48.3 Å². The molecule has 0 aliphatic carbocycles. The zero-order valence-corrected chi connectivity index (χ0v) is 50.6. The number of phenolic OH excluding ortho intramolecular Hbond substituents is 1. The molecule has 24 nitrogen and oxygen atoms in total. The molecule has 25 heteroatoms. The minimum absolute atomic E-state index is 0.0367. The summed E-state index contributed by atoms with van der Waals surface area (Å²) in [5.74, 6) is -7.58. The fourth-order valence-corrected chi connectivity index (χ4v) is 9.90. The number of halogens is 1. The van der Waals surface area contributed by atoms with Crippen LogP contribution in [0.3, 0.4) is 0 Å². The van der Waals surface area contributed by atoms with E-state index in [0.717, 1.165) is 16.3 Å². The summed E-state index contributed by atoms with van der Waals surface area (Å²) in [5.41, 5.74) is 19.9. The molecule has 0 aliphatic rings. The minimum atomic E-state index is -1.97. The van der Waals surface area contributed by atoms with Gasteiger partial charge in [-0.2, -0.15) is 0 Å². The van der Waals surface area contributed by atoms with Gasteiger partial charge < -0.3 is 69.0 Å². The van der Waals surface area contributed by atoms with Crippen LogP contribution in [0.15, 0.2) is 116 Å². The van der Waals surface area contributed by atoms with Crippen molar-refractivity contribution in [3.8, 4) is 5.75 Å². The summed E-state index contributed by atoms with van der Waals surface area (Å²) in [6, 6.07) is 16.4. The van der Waals surface area contributed by atoms with Crippen LogP contribution in [-0.2, 0) is 68.8 Å². The molecule has 14 N–H and O–H groups in total. The van der Waals surface area contributed by atoms with Crippen molar-refractivity contribution in [3.05, 3.63) is 143 Å². The van der Waals surface area contributed by atoms with E-state index in [0.29, 0.717) is 39.3 Å². The molecule has 1 aromatic heterocycles. The number of imide groups is 1. The highest BCUT2D eigenvalue weighted by Gasteiger charge is 2.41. The number of likely N-dealkylation sites (N-methyl/N-ethyl adjacent to an activating group) is 1. The first-order valence-corrected chi connectivity index (χ1v) is 29.5. The lowest BCUT2D eigenvalue weighted by Crippen LogP contribution is -2.63. The van der Waals surface area contributed by atoms with E-state index in [4.69, 9.17) is 28.8 Å². The van der Waals surface area contributed by atoms with Crippen molar-refractivity contribution >= 4 is 81.9 Å². The number of nitrogens with one attached hydrogen (secondary N) is 6. The molecule has 0 saturated heterocycles. The molecule has 8 atom stereocenters. The largest absolute Gasteiger partial charge is 0.508 e. The first kappa shape index (κ1) is 69.9. The summed E-state index contributed by atoms with van der Waals surface area (Å²) in [5, 5.41) is 38.9. The summed E-state index contributed by atoms with van der Waals surface area (Å²) in [6.45, 7) is 3.68. The average Bonchev–Trinajstić information content (AvgIpc) is 2.15. The maximum Gasteiger partial charge on any atom is 0.312 e. The Kier molecular flexibility index (Phi) is 27.9. The molecule has 0 unspecified atom stereocenters. The number of aliphatic hydroxyl groups is 1. The third kappa shape index (κ3) is 21.8. The highest BCUT2D eigenvalue weighted by atomic mass is 35.5. The van der Waals surface area contributed by atoms with Crippen LogP contribution in [0.4, 0.5) is 4.79 Å². The van der Waals surface area contributed by atoms with Crippen molar-refractivity contribution in [1.29, 1.82) is 0 Å². The Labute approximate surface area is 516 Å². The van der Waals surface area contributed by atoms with Crippen LogP contribution in [0.2, 0.25) is 5.02 Å². The quantitative estimate of drug-likeness (QED) is 0.0207. The van der Waals surface area contributed by atoms with E-state index < -0.39 is 108 Å². The monoisotopic (exact) mass is 1230 g/mol. The number of benzene rings is 4. The molecule has 0 fully saturated rings. The van der Waals surface area contributed by atoms with Gasteiger partial charge in [-0.1, -0.05) is 98.2 Å². The van der Waals surface area contributed by atoms with Crippen LogP contribution in [0.5, 0.6) is 5.75 Å². The third-order valence-corrected chi connectivity index (χ3v) is 14.9. The van der Waals surface area contributed by atoms with Crippen molar-refractivity contribution in [3.63, 3.8) is 0 Å². The molecule has 0 bridgehead atoms. The lowest BCUT2D eigenvalue weighted by atomic mass is 9.98. The van der Waals surface area contributed by atoms with E-state index in [2.05, 4.69) is 36.9 Å². The number of fused-ring (bicyclic) bond motifs is 1. The molecule has 0 spiro atoms. The number of urea groups is 1. The molecule has 4 aromatic carbocycles. The Bertz CT molecular complexity index is 3180. The van der Waals surface area contributed by atoms with Gasteiger partial charge in [-0.25, -0.2) is 4.79 Å². The Morgan fingerprint density at radius 2 is 1.20 bits per heavy atom. The van der Waals surface area contributed by atoms with E-state index in [9.17, 15) is 48.6 Å². The number of nitrogens with two attached hydrogens (primary N) is 3. The lowest BCUT2D eigenvalue weighted by molar-refractivity contribution is -0.155. The summed E-state index contributed by atoms with van der Waals surface area (Å²) in [4.78, 5) is 146. The van der Waals surface area contributed by atoms with Crippen LogP contribution >= 0.6 is 11.6 Å². The van der Waals surface area contributed by atoms with Gasteiger partial charge in [-0.3, -0.25) is 48.2 Å². The van der Waals surface area contributed by atoms with Crippen molar-refractivity contribution in [2.45, 2.75) is 133 Å². The van der Waals surface area contributed by atoms with E-state index >= 15 is 9.59 Å². The molecule has 0 saturated carbocycles. The lowest BCUT2D eigenvalue weighted by Gasteiger charge is -2.34. The number of aldehydes is 1. The number of rotatable bonds is 34. The Morgan fingerprint density at radius 1 is 0.636 bits per heavy atom. The number of pyridine rings is 1. The van der Waals surface area contributed by atoms with Crippen LogP contribution in [0.1, 0.15) is 81.5 Å². The molecule has 5 aromatic rings. The van der Waals surface area contributed by atoms with Crippen LogP contribution in [0, 0.1) is 5.92 Å². The second kappa shape index (κ2) is 35.1. The van der Waals surface area contributed by atoms with Gasteiger partial charge in [0.05, 0.1) is 18.7 Å². The highest BCUT2D eigenvalue weighted by Crippen LogP contribution is 2.21. The normalized spacial score (nSPS) is 13.9. The Morgan fingerprint density at radius 3 is 1.81 bits per heavy atom. The van der Waals surface area contributed by atoms with Crippen molar-refractivity contribution in [2.75, 3.05) is 26.7 Å².